The van der Waals surface area contributed by atoms with Crippen molar-refractivity contribution in [1.82, 2.24) is 0 Å². The molecule has 1 heteroatoms. The highest BCUT2D eigenvalue weighted by Gasteiger charge is 2.65. The second-order valence-corrected chi connectivity index (χ2v) is 5.89. The molecule has 3 atom stereocenters. The first-order valence-electron chi connectivity index (χ1n) is 6.37. The molecule has 1 nitrogen and oxygen atoms in total. The lowest BCUT2D eigenvalue weighted by atomic mass is 9.53. The average Bonchev–Trinajstić information content (AvgIpc) is 2.68. The minimum absolute atomic E-state index is 0.0503. The van der Waals surface area contributed by atoms with Crippen LogP contribution in [0.2, 0.25) is 0 Å². The Hall–Kier alpha value is -0.590. The molecular formula is C14H20O. The lowest BCUT2D eigenvalue weighted by molar-refractivity contribution is -0.131. The van der Waals surface area contributed by atoms with Gasteiger partial charge in [0.1, 0.15) is 0 Å². The van der Waals surface area contributed by atoms with Gasteiger partial charge in [0.25, 0.3) is 0 Å². The van der Waals surface area contributed by atoms with Crippen molar-refractivity contribution in [3.05, 3.63) is 11.6 Å². The molecule has 82 valence electrons. The quantitative estimate of drug-likeness (QED) is 0.590. The van der Waals surface area contributed by atoms with Crippen LogP contribution in [0.5, 0.6) is 0 Å². The predicted molar refractivity (Wildman–Crippen MR) is 60.5 cm³/mol. The largest absolute Gasteiger partial charge is 0.294 e. The molecule has 0 aromatic rings. The number of carbonyl (C=O) groups is 1. The highest BCUT2D eigenvalue weighted by atomic mass is 16.1. The van der Waals surface area contributed by atoms with Crippen molar-refractivity contribution in [3.63, 3.8) is 0 Å². The van der Waals surface area contributed by atoms with Crippen molar-refractivity contribution in [1.29, 1.82) is 0 Å². The molecular weight excluding hydrogens is 184 g/mol. The summed E-state index contributed by atoms with van der Waals surface area (Å²) in [5.74, 6) is 1.18. The molecule has 2 saturated carbocycles. The molecule has 15 heavy (non-hydrogen) atoms. The normalized spacial score (nSPS) is 48.8. The van der Waals surface area contributed by atoms with Gasteiger partial charge in [0.15, 0.2) is 5.78 Å². The second kappa shape index (κ2) is 2.75. The summed E-state index contributed by atoms with van der Waals surface area (Å²) in [7, 11) is 0. The van der Waals surface area contributed by atoms with E-state index < -0.39 is 0 Å². The number of hydrogen-bond acceptors (Lipinski definition) is 1. The van der Waals surface area contributed by atoms with E-state index in [2.05, 4.69) is 13.8 Å². The summed E-state index contributed by atoms with van der Waals surface area (Å²) in [6.45, 7) is 4.57. The Bertz CT molecular complexity index is 354. The van der Waals surface area contributed by atoms with Crippen LogP contribution in [0.3, 0.4) is 0 Å². The molecule has 0 spiro atoms. The first-order chi connectivity index (χ1) is 7.13. The summed E-state index contributed by atoms with van der Waals surface area (Å²) >= 11 is 0. The third kappa shape index (κ3) is 0.847. The third-order valence-corrected chi connectivity index (χ3v) is 5.63. The van der Waals surface area contributed by atoms with Crippen molar-refractivity contribution in [2.75, 3.05) is 0 Å². The minimum Gasteiger partial charge on any atom is -0.294 e. The third-order valence-electron chi connectivity index (χ3n) is 5.63. The minimum atomic E-state index is 0.0503. The lowest BCUT2D eigenvalue weighted by Crippen LogP contribution is -2.46. The molecule has 0 unspecified atom stereocenters. The fourth-order valence-electron chi connectivity index (χ4n) is 5.05. The van der Waals surface area contributed by atoms with Gasteiger partial charge >= 0.3 is 0 Å². The summed E-state index contributed by atoms with van der Waals surface area (Å²) in [5, 5.41) is 0. The molecule has 3 aliphatic carbocycles. The predicted octanol–water partition coefficient (Wildman–Crippen LogP) is 3.49. The summed E-state index contributed by atoms with van der Waals surface area (Å²) in [6.07, 6.45) is 9.40. The Morgan fingerprint density at radius 1 is 1.27 bits per heavy atom. The van der Waals surface area contributed by atoms with Crippen LogP contribution in [0.1, 0.15) is 52.4 Å². The number of ketones is 1. The molecule has 0 bridgehead atoms. The number of allylic oxidation sites excluding steroid dienone is 2. The Kier molecular flexibility index (Phi) is 1.76. The summed E-state index contributed by atoms with van der Waals surface area (Å²) < 4.78 is 0. The van der Waals surface area contributed by atoms with Gasteiger partial charge in [0.2, 0.25) is 0 Å². The smallest absolute Gasteiger partial charge is 0.162 e. The van der Waals surface area contributed by atoms with E-state index in [1.807, 2.05) is 6.08 Å². The van der Waals surface area contributed by atoms with Crippen LogP contribution < -0.4 is 0 Å². The Balaban J connectivity index is 2.19. The second-order valence-electron chi connectivity index (χ2n) is 5.89. The first kappa shape index (κ1) is 9.62. The number of rotatable bonds is 0. The van der Waals surface area contributed by atoms with Crippen LogP contribution in [-0.4, -0.2) is 5.78 Å². The molecule has 3 aliphatic rings. The average molecular weight is 204 g/mol. The summed E-state index contributed by atoms with van der Waals surface area (Å²) in [6, 6.07) is 0. The van der Waals surface area contributed by atoms with E-state index in [0.29, 0.717) is 5.78 Å². The van der Waals surface area contributed by atoms with Gasteiger partial charge in [-0.25, -0.2) is 0 Å². The molecule has 0 amide bonds. The molecule has 3 rings (SSSR count). The molecule has 0 aromatic carbocycles. The van der Waals surface area contributed by atoms with Gasteiger partial charge in [0, 0.05) is 10.8 Å². The maximum absolute atomic E-state index is 12.3. The van der Waals surface area contributed by atoms with Gasteiger partial charge in [-0.3, -0.25) is 4.79 Å². The van der Waals surface area contributed by atoms with Crippen molar-refractivity contribution in [2.45, 2.75) is 52.4 Å². The molecule has 0 aliphatic heterocycles. The Morgan fingerprint density at radius 2 is 2.00 bits per heavy atom. The van der Waals surface area contributed by atoms with Crippen LogP contribution in [-0.2, 0) is 4.79 Å². The van der Waals surface area contributed by atoms with E-state index in [0.717, 1.165) is 18.8 Å². The van der Waals surface area contributed by atoms with Gasteiger partial charge < -0.3 is 0 Å². The zero-order chi connectivity index (χ0) is 10.7. The molecule has 0 heterocycles. The van der Waals surface area contributed by atoms with E-state index >= 15 is 0 Å². The van der Waals surface area contributed by atoms with Crippen LogP contribution in [0, 0.1) is 16.7 Å². The maximum atomic E-state index is 12.3. The van der Waals surface area contributed by atoms with Crippen LogP contribution in [0.4, 0.5) is 0 Å². The zero-order valence-electron chi connectivity index (χ0n) is 9.81. The summed E-state index contributed by atoms with van der Waals surface area (Å²) in [4.78, 5) is 12.3. The molecule has 0 radical (unpaired) electrons. The van der Waals surface area contributed by atoms with Gasteiger partial charge in [-0.15, -0.1) is 0 Å². The molecule has 0 aromatic heterocycles. The van der Waals surface area contributed by atoms with Crippen LogP contribution in [0.15, 0.2) is 11.6 Å². The highest BCUT2D eigenvalue weighted by molar-refractivity contribution is 6.00. The van der Waals surface area contributed by atoms with Crippen molar-refractivity contribution in [2.24, 2.45) is 16.7 Å². The number of carbonyl (C=O) groups excluding carboxylic acids is 1. The Morgan fingerprint density at radius 3 is 2.73 bits per heavy atom. The van der Waals surface area contributed by atoms with Gasteiger partial charge in [-0.2, -0.15) is 0 Å². The van der Waals surface area contributed by atoms with E-state index in [1.165, 1.54) is 31.3 Å². The standard InChI is InChI=1S/C14H20O/c1-10-5-3-6-13-7-4-8-14(10,13)11(2)9-12(13)15/h9-10H,3-8H2,1-2H3/t10-,13+,14+/m1/s1. The zero-order valence-corrected chi connectivity index (χ0v) is 9.81. The van der Waals surface area contributed by atoms with E-state index in [9.17, 15) is 4.79 Å². The SMILES string of the molecule is CC1=CC(=O)[C@@]23CCC[C@@H](C)[C@@]12CCC3. The molecule has 0 N–H and O–H groups in total. The fraction of sp³-hybridized carbons (Fsp3) is 0.786. The fourth-order valence-corrected chi connectivity index (χ4v) is 5.05. The van der Waals surface area contributed by atoms with Crippen molar-refractivity contribution >= 4 is 5.78 Å². The van der Waals surface area contributed by atoms with E-state index in [-0.39, 0.29) is 10.8 Å². The highest BCUT2D eigenvalue weighted by Crippen LogP contribution is 2.69. The van der Waals surface area contributed by atoms with Crippen LogP contribution >= 0.6 is 0 Å². The lowest BCUT2D eigenvalue weighted by Gasteiger charge is -2.49. The molecule has 2 fully saturated rings. The monoisotopic (exact) mass is 204 g/mol. The summed E-state index contributed by atoms with van der Waals surface area (Å²) in [5.41, 5.74) is 1.73. The van der Waals surface area contributed by atoms with Gasteiger partial charge in [0.05, 0.1) is 0 Å². The van der Waals surface area contributed by atoms with Crippen LogP contribution in [0.25, 0.3) is 0 Å². The Labute approximate surface area is 91.9 Å². The van der Waals surface area contributed by atoms with Crippen molar-refractivity contribution in [3.8, 4) is 0 Å². The van der Waals surface area contributed by atoms with E-state index in [1.54, 1.807) is 0 Å². The maximum Gasteiger partial charge on any atom is 0.162 e. The topological polar surface area (TPSA) is 17.1 Å². The number of hydrogen-bond donors (Lipinski definition) is 0. The van der Waals surface area contributed by atoms with E-state index in [4.69, 9.17) is 0 Å². The molecule has 0 saturated heterocycles. The van der Waals surface area contributed by atoms with Crippen molar-refractivity contribution < 1.29 is 4.79 Å². The van der Waals surface area contributed by atoms with Gasteiger partial charge in [-0.05, 0) is 44.6 Å². The first-order valence-corrected chi connectivity index (χ1v) is 6.37. The van der Waals surface area contributed by atoms with Gasteiger partial charge in [-0.1, -0.05) is 25.3 Å².